The van der Waals surface area contributed by atoms with Crippen LogP contribution >= 0.6 is 11.3 Å². The maximum atomic E-state index is 14.0. The van der Waals surface area contributed by atoms with Gasteiger partial charge in [-0.2, -0.15) is 0 Å². The second kappa shape index (κ2) is 12.5. The lowest BCUT2D eigenvalue weighted by atomic mass is 9.95. The monoisotopic (exact) mass is 521 g/mol. The van der Waals surface area contributed by atoms with Crippen molar-refractivity contribution in [3.05, 3.63) is 81.9 Å². The lowest BCUT2D eigenvalue weighted by Crippen LogP contribution is -2.46. The molecule has 3 aromatic rings. The molecule has 1 saturated heterocycles. The van der Waals surface area contributed by atoms with Crippen LogP contribution in [0.4, 0.5) is 0 Å². The molecule has 0 unspecified atom stereocenters. The van der Waals surface area contributed by atoms with Crippen LogP contribution in [-0.4, -0.2) is 54.0 Å². The fraction of sp³-hybridized carbons (Fsp3) is 0.448. The summed E-state index contributed by atoms with van der Waals surface area (Å²) in [5.74, 6) is 0.587. The van der Waals surface area contributed by atoms with E-state index in [0.29, 0.717) is 26.3 Å². The summed E-state index contributed by atoms with van der Waals surface area (Å²) in [6, 6.07) is 16.7. The Kier molecular flexibility index (Phi) is 8.71. The van der Waals surface area contributed by atoms with Crippen LogP contribution in [0.3, 0.4) is 0 Å². The number of hydrogen-bond donors (Lipinski definition) is 1. The number of morpholine rings is 1. The van der Waals surface area contributed by atoms with Crippen molar-refractivity contribution in [2.45, 2.75) is 57.3 Å². The number of amides is 2. The molecule has 7 nitrogen and oxygen atoms in total. The topological polar surface area (TPSA) is 75.0 Å². The predicted octanol–water partition coefficient (Wildman–Crippen LogP) is 5.01. The van der Waals surface area contributed by atoms with E-state index in [1.165, 1.54) is 17.8 Å². The van der Waals surface area contributed by atoms with Crippen molar-refractivity contribution in [3.63, 3.8) is 0 Å². The van der Waals surface area contributed by atoms with Crippen LogP contribution in [0.5, 0.6) is 0 Å². The van der Waals surface area contributed by atoms with Crippen LogP contribution in [0, 0.1) is 0 Å². The van der Waals surface area contributed by atoms with E-state index in [0.717, 1.165) is 55.0 Å². The summed E-state index contributed by atoms with van der Waals surface area (Å²) in [5, 5.41) is 5.22. The molecule has 196 valence electrons. The first kappa shape index (κ1) is 25.7. The highest BCUT2D eigenvalue weighted by Crippen LogP contribution is 2.30. The van der Waals surface area contributed by atoms with Gasteiger partial charge in [-0.1, -0.05) is 55.7 Å². The molecule has 2 aromatic heterocycles. The number of benzene rings is 1. The molecule has 3 heterocycles. The zero-order valence-electron chi connectivity index (χ0n) is 21.1. The van der Waals surface area contributed by atoms with Crippen LogP contribution in [-0.2, 0) is 22.6 Å². The summed E-state index contributed by atoms with van der Waals surface area (Å²) < 4.78 is 11.5. The third kappa shape index (κ3) is 6.69. The van der Waals surface area contributed by atoms with Gasteiger partial charge in [0.05, 0.1) is 19.8 Å². The van der Waals surface area contributed by atoms with Crippen LogP contribution in [0.25, 0.3) is 0 Å². The van der Waals surface area contributed by atoms with E-state index in [1.807, 2.05) is 53.9 Å². The molecule has 2 aliphatic rings. The summed E-state index contributed by atoms with van der Waals surface area (Å²) in [6.07, 6.45) is 5.43. The average molecular weight is 522 g/mol. The van der Waals surface area contributed by atoms with Gasteiger partial charge in [0.1, 0.15) is 11.8 Å². The zero-order valence-corrected chi connectivity index (χ0v) is 22.0. The Labute approximate surface area is 222 Å². The lowest BCUT2D eigenvalue weighted by molar-refractivity contribution is -0.127. The van der Waals surface area contributed by atoms with E-state index in [4.69, 9.17) is 9.15 Å². The Morgan fingerprint density at radius 2 is 1.78 bits per heavy atom. The second-order valence-electron chi connectivity index (χ2n) is 9.83. The fourth-order valence-electron chi connectivity index (χ4n) is 5.16. The van der Waals surface area contributed by atoms with E-state index in [9.17, 15) is 9.59 Å². The van der Waals surface area contributed by atoms with Gasteiger partial charge in [0.25, 0.3) is 5.91 Å². The molecule has 1 saturated carbocycles. The largest absolute Gasteiger partial charge is 0.455 e. The number of ether oxygens (including phenoxy) is 1. The summed E-state index contributed by atoms with van der Waals surface area (Å²) in [7, 11) is 0. The van der Waals surface area contributed by atoms with Crippen LogP contribution in [0.1, 0.15) is 64.9 Å². The van der Waals surface area contributed by atoms with Crippen molar-refractivity contribution in [3.8, 4) is 0 Å². The minimum absolute atomic E-state index is 0.126. The van der Waals surface area contributed by atoms with Crippen molar-refractivity contribution >= 4 is 23.2 Å². The van der Waals surface area contributed by atoms with Gasteiger partial charge in [-0.25, -0.2) is 0 Å². The molecule has 1 aromatic carbocycles. The number of carbonyl (C=O) groups is 2. The van der Waals surface area contributed by atoms with E-state index in [2.05, 4.69) is 10.2 Å². The van der Waals surface area contributed by atoms with E-state index >= 15 is 0 Å². The Balaban J connectivity index is 1.42. The molecule has 0 spiro atoms. The van der Waals surface area contributed by atoms with Crippen LogP contribution in [0.15, 0.2) is 64.4 Å². The van der Waals surface area contributed by atoms with Gasteiger partial charge in [0.15, 0.2) is 5.76 Å². The summed E-state index contributed by atoms with van der Waals surface area (Å²) >= 11 is 1.50. The molecule has 2 fully saturated rings. The predicted molar refractivity (Wildman–Crippen MR) is 143 cm³/mol. The van der Waals surface area contributed by atoms with E-state index < -0.39 is 6.04 Å². The fourth-order valence-corrected chi connectivity index (χ4v) is 5.99. The number of nitrogens with one attached hydrogen (secondary N) is 1. The minimum atomic E-state index is -0.734. The molecular weight excluding hydrogens is 486 g/mol. The highest BCUT2D eigenvalue weighted by atomic mass is 32.1. The quantitative estimate of drug-likeness (QED) is 0.429. The number of hydrogen-bond acceptors (Lipinski definition) is 6. The molecule has 8 heteroatoms. The van der Waals surface area contributed by atoms with Gasteiger partial charge in [-0.15, -0.1) is 11.3 Å². The first-order valence-corrected chi connectivity index (χ1v) is 14.1. The average Bonchev–Trinajstić information content (AvgIpc) is 3.63. The number of carbonyl (C=O) groups excluding carboxylic acids is 2. The Morgan fingerprint density at radius 1 is 1.00 bits per heavy atom. The maximum Gasteiger partial charge on any atom is 0.290 e. The summed E-state index contributed by atoms with van der Waals surface area (Å²) in [6.45, 7) is 4.02. The number of furan rings is 1. The lowest BCUT2D eigenvalue weighted by Gasteiger charge is -2.32. The number of thiophene rings is 1. The molecular formula is C29H35N3O4S. The normalized spacial score (nSPS) is 17.8. The van der Waals surface area contributed by atoms with Gasteiger partial charge in [0.2, 0.25) is 5.91 Å². The first-order valence-electron chi connectivity index (χ1n) is 13.2. The van der Waals surface area contributed by atoms with Gasteiger partial charge in [-0.05, 0) is 42.0 Å². The molecule has 37 heavy (non-hydrogen) atoms. The smallest absolute Gasteiger partial charge is 0.290 e. The SMILES string of the molecule is O=C(NC1CCCCC1)[C@@H](c1cccs1)N(Cc1ccccc1)C(=O)c1ccc(CN2CCOCC2)o1. The highest BCUT2D eigenvalue weighted by molar-refractivity contribution is 7.10. The molecule has 1 aliphatic carbocycles. The highest BCUT2D eigenvalue weighted by Gasteiger charge is 2.35. The summed E-state index contributed by atoms with van der Waals surface area (Å²) in [4.78, 5) is 32.6. The van der Waals surface area contributed by atoms with Gasteiger partial charge in [-0.3, -0.25) is 14.5 Å². The van der Waals surface area contributed by atoms with Crippen LogP contribution < -0.4 is 5.32 Å². The molecule has 1 atom stereocenters. The third-order valence-electron chi connectivity index (χ3n) is 7.14. The first-order chi connectivity index (χ1) is 18.2. The molecule has 0 radical (unpaired) electrons. The van der Waals surface area contributed by atoms with E-state index in [1.54, 1.807) is 11.0 Å². The molecule has 2 amide bonds. The Bertz CT molecular complexity index is 1140. The maximum absolute atomic E-state index is 14.0. The Hall–Kier alpha value is -2.94. The standard InChI is InChI=1S/C29H35N3O4S/c33-28(30-23-10-5-2-6-11-23)27(26-12-7-19-37-26)32(20-22-8-3-1-4-9-22)29(34)25-14-13-24(36-25)21-31-15-17-35-18-16-31/h1,3-4,7-9,12-14,19,23,27H,2,5-6,10-11,15-18,20-21H2,(H,30,33)/t27-/m1/s1. The molecule has 1 N–H and O–H groups in total. The number of rotatable bonds is 9. The summed E-state index contributed by atoms with van der Waals surface area (Å²) in [5.41, 5.74) is 0.961. The van der Waals surface area contributed by atoms with Crippen molar-refractivity contribution < 1.29 is 18.7 Å². The third-order valence-corrected chi connectivity index (χ3v) is 8.06. The Morgan fingerprint density at radius 3 is 2.51 bits per heavy atom. The number of nitrogens with zero attached hydrogens (tertiary/aromatic N) is 2. The van der Waals surface area contributed by atoms with Crippen molar-refractivity contribution in [2.24, 2.45) is 0 Å². The minimum Gasteiger partial charge on any atom is -0.455 e. The van der Waals surface area contributed by atoms with Gasteiger partial charge < -0.3 is 19.4 Å². The molecule has 1 aliphatic heterocycles. The second-order valence-corrected chi connectivity index (χ2v) is 10.8. The van der Waals surface area contributed by atoms with Crippen LogP contribution in [0.2, 0.25) is 0 Å². The van der Waals surface area contributed by atoms with E-state index in [-0.39, 0.29) is 23.6 Å². The zero-order chi connectivity index (χ0) is 25.5. The van der Waals surface area contributed by atoms with Crippen molar-refractivity contribution in [1.82, 2.24) is 15.1 Å². The van der Waals surface area contributed by atoms with Gasteiger partial charge >= 0.3 is 0 Å². The van der Waals surface area contributed by atoms with Gasteiger partial charge in [0, 0.05) is 30.6 Å². The molecule has 0 bridgehead atoms. The molecule has 5 rings (SSSR count). The van der Waals surface area contributed by atoms with Crippen molar-refractivity contribution in [2.75, 3.05) is 26.3 Å². The van der Waals surface area contributed by atoms with Crippen molar-refractivity contribution in [1.29, 1.82) is 0 Å².